The van der Waals surface area contributed by atoms with Gasteiger partial charge in [-0.3, -0.25) is 4.74 Å². The van der Waals surface area contributed by atoms with Gasteiger partial charge in [-0.1, -0.05) is 118 Å². The molecule has 196 valence electrons. The zero-order valence-corrected chi connectivity index (χ0v) is 26.4. The van der Waals surface area contributed by atoms with Crippen LogP contribution in [0.15, 0.2) is 53.5 Å². The van der Waals surface area contributed by atoms with E-state index in [-0.39, 0.29) is 21.7 Å². The van der Waals surface area contributed by atoms with E-state index < -0.39 is 7.05 Å². The van der Waals surface area contributed by atoms with Gasteiger partial charge >= 0.3 is 0 Å². The van der Waals surface area contributed by atoms with Gasteiger partial charge in [0.25, 0.3) is 0 Å². The fourth-order valence-electron chi connectivity index (χ4n) is 4.16. The molecule has 1 aliphatic rings. The fourth-order valence-corrected chi connectivity index (χ4v) is 8.14. The van der Waals surface area contributed by atoms with Crippen molar-refractivity contribution in [1.29, 1.82) is 0 Å². The maximum Gasteiger partial charge on any atom is 0.0425 e. The van der Waals surface area contributed by atoms with Crippen LogP contribution >= 0.6 is 7.05 Å². The van der Waals surface area contributed by atoms with Gasteiger partial charge in [0.05, 0.1) is 0 Å². The number of hydrogen-bond donors (Lipinski definition) is 0. The summed E-state index contributed by atoms with van der Waals surface area (Å²) in [7, 11) is -1.20. The van der Waals surface area contributed by atoms with Gasteiger partial charge in [-0.25, -0.2) is 0 Å². The maximum atomic E-state index is 5.51. The predicted octanol–water partition coefficient (Wildman–Crippen LogP) is 11.3. The summed E-state index contributed by atoms with van der Waals surface area (Å²) in [5, 5.41) is 0. The molecule has 0 amide bonds. The van der Waals surface area contributed by atoms with Crippen LogP contribution in [0.25, 0.3) is 0 Å². The summed E-state index contributed by atoms with van der Waals surface area (Å²) >= 11 is 0. The molecule has 0 aromatic heterocycles. The third-order valence-corrected chi connectivity index (χ3v) is 10.3. The van der Waals surface area contributed by atoms with Crippen molar-refractivity contribution >= 4 is 7.05 Å². The van der Waals surface area contributed by atoms with Crippen LogP contribution in [0.4, 0.5) is 0 Å². The van der Waals surface area contributed by atoms with Crippen LogP contribution in [0.3, 0.4) is 0 Å². The van der Waals surface area contributed by atoms with Gasteiger partial charge < -0.3 is 0 Å². The van der Waals surface area contributed by atoms with Gasteiger partial charge in [-0.05, 0) is 75.1 Å². The minimum absolute atomic E-state index is 0. The molecule has 0 N–H and O–H groups in total. The second-order valence-corrected chi connectivity index (χ2v) is 14.8. The van der Waals surface area contributed by atoms with E-state index in [0.29, 0.717) is 0 Å². The molecule has 0 aromatic carbocycles. The molecule has 0 spiro atoms. The predicted molar refractivity (Wildman–Crippen MR) is 157 cm³/mol. The first-order valence-corrected chi connectivity index (χ1v) is 16.3. The Morgan fingerprint density at radius 3 is 1.74 bits per heavy atom. The van der Waals surface area contributed by atoms with Gasteiger partial charge in [0.15, 0.2) is 0 Å². The molecule has 34 heavy (non-hydrogen) atoms. The normalized spacial score (nSPS) is 13.3. The Morgan fingerprint density at radius 1 is 0.882 bits per heavy atom. The van der Waals surface area contributed by atoms with Gasteiger partial charge in [-0.2, -0.15) is 0 Å². The van der Waals surface area contributed by atoms with Crippen molar-refractivity contribution in [3.05, 3.63) is 48.7 Å². The molecule has 1 rings (SSSR count). The molecular formula is C31H58NPTi. The Bertz CT molecular complexity index is 583. The molecule has 3 heteroatoms. The minimum atomic E-state index is -1.20. The summed E-state index contributed by atoms with van der Waals surface area (Å²) < 4.78 is 5.51. The standard InChI is InChI=1S/C23H44NP.C8H14.Ti/c1-20(2)12-9-17-25(18-10-13-21(3)4,19-11-14-22(5)6)24-23-15-7-8-16-23;1-3-5-7-8-6-4-2;/h7-8,15,20-22H,9-14,16-19H2,1-6H3;3,5,7H,1,4,6,8H2,2H3;. The number of allylic oxidation sites excluding steroid dienone is 6. The summed E-state index contributed by atoms with van der Waals surface area (Å²) in [4.78, 5) is 0. The Balaban J connectivity index is 0. The third kappa shape index (κ3) is 21.2. The fraction of sp³-hybridized carbons (Fsp3) is 0.742. The van der Waals surface area contributed by atoms with Crippen molar-refractivity contribution in [3.8, 4) is 0 Å². The molecule has 0 saturated carbocycles. The van der Waals surface area contributed by atoms with Crippen molar-refractivity contribution in [2.75, 3.05) is 18.5 Å². The molecule has 0 radical (unpaired) electrons. The van der Waals surface area contributed by atoms with Crippen LogP contribution in [0, 0.1) is 17.8 Å². The van der Waals surface area contributed by atoms with Crippen molar-refractivity contribution in [2.45, 2.75) is 113 Å². The topological polar surface area (TPSA) is 12.4 Å². The van der Waals surface area contributed by atoms with E-state index >= 15 is 0 Å². The molecule has 0 fully saturated rings. The van der Waals surface area contributed by atoms with E-state index in [9.17, 15) is 0 Å². The van der Waals surface area contributed by atoms with Gasteiger partial charge in [0.1, 0.15) is 0 Å². The monoisotopic (exact) mass is 523 g/mol. The number of unbranched alkanes of at least 4 members (excludes halogenated alkanes) is 2. The molecule has 0 unspecified atom stereocenters. The summed E-state index contributed by atoms with van der Waals surface area (Å²) in [6.07, 6.45) is 29.9. The second-order valence-electron chi connectivity index (χ2n) is 11.1. The van der Waals surface area contributed by atoms with E-state index in [2.05, 4.69) is 79.3 Å². The summed E-state index contributed by atoms with van der Waals surface area (Å²) in [5.41, 5.74) is 1.37. The maximum absolute atomic E-state index is 5.51. The molecule has 0 saturated heterocycles. The van der Waals surface area contributed by atoms with Crippen LogP contribution in [0.1, 0.15) is 113 Å². The molecule has 0 aromatic rings. The first kappa shape index (κ1) is 36.1. The SMILES string of the molecule is C=CC=CCCCC.CC(C)CCCP(CCCC(C)C)(CCCC(C)C)=NC1=CC=CC1.[Ti]. The van der Waals surface area contributed by atoms with Gasteiger partial charge in [0, 0.05) is 33.8 Å². The van der Waals surface area contributed by atoms with Crippen molar-refractivity contribution in [1.82, 2.24) is 0 Å². The molecule has 1 aliphatic carbocycles. The largest absolute Gasteiger partial charge is 0.272 e. The van der Waals surface area contributed by atoms with Crippen molar-refractivity contribution in [2.24, 2.45) is 22.5 Å². The third-order valence-electron chi connectivity index (χ3n) is 6.16. The zero-order chi connectivity index (χ0) is 25.0. The number of rotatable bonds is 17. The molecule has 0 aliphatic heterocycles. The Kier molecular flexibility index (Phi) is 24.7. The average Bonchev–Trinajstić information content (AvgIpc) is 3.24. The zero-order valence-electron chi connectivity index (χ0n) is 24.0. The Labute approximate surface area is 230 Å². The molecule has 0 atom stereocenters. The number of hydrogen-bond acceptors (Lipinski definition) is 1. The number of nitrogens with zero attached hydrogens (tertiary/aromatic N) is 1. The average molecular weight is 524 g/mol. The van der Waals surface area contributed by atoms with Crippen molar-refractivity contribution in [3.63, 3.8) is 0 Å². The van der Waals surface area contributed by atoms with Crippen molar-refractivity contribution < 1.29 is 21.7 Å². The molecule has 0 heterocycles. The molecule has 0 bridgehead atoms. The van der Waals surface area contributed by atoms with Gasteiger partial charge in [-0.15, -0.1) is 0 Å². The molecular weight excluding hydrogens is 465 g/mol. The van der Waals surface area contributed by atoms with Crippen LogP contribution < -0.4 is 0 Å². The first-order valence-electron chi connectivity index (χ1n) is 14.0. The van der Waals surface area contributed by atoms with E-state index in [1.54, 1.807) is 0 Å². The summed E-state index contributed by atoms with van der Waals surface area (Å²) in [5.74, 6) is 2.46. The minimum Gasteiger partial charge on any atom is -0.272 e. The van der Waals surface area contributed by atoms with E-state index in [1.807, 2.05) is 12.2 Å². The van der Waals surface area contributed by atoms with Gasteiger partial charge in [0.2, 0.25) is 0 Å². The van der Waals surface area contributed by atoms with Crippen LogP contribution in [0.5, 0.6) is 0 Å². The second kappa shape index (κ2) is 23.3. The van der Waals surface area contributed by atoms with Crippen LogP contribution in [0.2, 0.25) is 0 Å². The van der Waals surface area contributed by atoms with Crippen LogP contribution in [-0.4, -0.2) is 18.5 Å². The van der Waals surface area contributed by atoms with Crippen LogP contribution in [-0.2, 0) is 21.7 Å². The van der Waals surface area contributed by atoms with E-state index in [1.165, 1.54) is 82.0 Å². The Morgan fingerprint density at radius 2 is 1.38 bits per heavy atom. The summed E-state index contributed by atoms with van der Waals surface area (Å²) in [6.45, 7) is 19.9. The quantitative estimate of drug-likeness (QED) is 0.0778. The molecule has 1 nitrogen and oxygen atoms in total. The summed E-state index contributed by atoms with van der Waals surface area (Å²) in [6, 6.07) is 0. The first-order chi connectivity index (χ1) is 15.7. The van der Waals surface area contributed by atoms with E-state index in [0.717, 1.165) is 24.2 Å². The smallest absolute Gasteiger partial charge is 0.0425 e. The Hall–Kier alpha value is -0.0957. The van der Waals surface area contributed by atoms with E-state index in [4.69, 9.17) is 4.74 Å².